The molecule has 0 aliphatic rings. The van der Waals surface area contributed by atoms with Crippen LogP contribution >= 0.6 is 0 Å². The van der Waals surface area contributed by atoms with E-state index in [1.807, 2.05) is 24.5 Å². The fourth-order valence-electron chi connectivity index (χ4n) is 1.59. The fraction of sp³-hybridized carbons (Fsp3) is 0.462. The van der Waals surface area contributed by atoms with Crippen LogP contribution in [0, 0.1) is 0 Å². The quantitative estimate of drug-likeness (QED) is 0.690. The SMILES string of the molecule is C=CCC(Cc1cccnc1)NCCC. The van der Waals surface area contributed by atoms with E-state index in [4.69, 9.17) is 0 Å². The Hall–Kier alpha value is -1.15. The molecule has 0 amide bonds. The van der Waals surface area contributed by atoms with E-state index in [9.17, 15) is 0 Å². The lowest BCUT2D eigenvalue weighted by Crippen LogP contribution is -2.31. The van der Waals surface area contributed by atoms with E-state index >= 15 is 0 Å². The largest absolute Gasteiger partial charge is 0.313 e. The molecule has 1 N–H and O–H groups in total. The van der Waals surface area contributed by atoms with E-state index < -0.39 is 0 Å². The first-order valence-corrected chi connectivity index (χ1v) is 5.60. The van der Waals surface area contributed by atoms with E-state index in [-0.39, 0.29) is 0 Å². The molecule has 2 nitrogen and oxygen atoms in total. The van der Waals surface area contributed by atoms with Gasteiger partial charge in [0.05, 0.1) is 0 Å². The molecule has 15 heavy (non-hydrogen) atoms. The van der Waals surface area contributed by atoms with Gasteiger partial charge in [0.2, 0.25) is 0 Å². The van der Waals surface area contributed by atoms with Crippen molar-refractivity contribution in [3.05, 3.63) is 42.7 Å². The summed E-state index contributed by atoms with van der Waals surface area (Å²) in [5.74, 6) is 0. The third kappa shape index (κ3) is 4.75. The predicted molar refractivity (Wildman–Crippen MR) is 64.8 cm³/mol. The Balaban J connectivity index is 2.46. The van der Waals surface area contributed by atoms with Crippen molar-refractivity contribution in [3.63, 3.8) is 0 Å². The maximum atomic E-state index is 4.12. The number of aromatic nitrogens is 1. The van der Waals surface area contributed by atoms with Crippen LogP contribution in [-0.4, -0.2) is 17.6 Å². The van der Waals surface area contributed by atoms with Crippen molar-refractivity contribution in [2.24, 2.45) is 0 Å². The van der Waals surface area contributed by atoms with Gasteiger partial charge in [-0.3, -0.25) is 4.98 Å². The van der Waals surface area contributed by atoms with Gasteiger partial charge in [-0.15, -0.1) is 6.58 Å². The van der Waals surface area contributed by atoms with E-state index in [0.29, 0.717) is 6.04 Å². The average molecular weight is 204 g/mol. The first-order valence-electron chi connectivity index (χ1n) is 5.60. The number of pyridine rings is 1. The van der Waals surface area contributed by atoms with Gasteiger partial charge < -0.3 is 5.32 Å². The lowest BCUT2D eigenvalue weighted by molar-refractivity contribution is 0.511. The second-order valence-corrected chi connectivity index (χ2v) is 3.74. The van der Waals surface area contributed by atoms with E-state index in [1.54, 1.807) is 0 Å². The molecule has 82 valence electrons. The van der Waals surface area contributed by atoms with Crippen LogP contribution in [0.15, 0.2) is 37.2 Å². The molecule has 0 aromatic carbocycles. The van der Waals surface area contributed by atoms with Crippen LogP contribution < -0.4 is 5.32 Å². The second kappa shape index (κ2) is 7.18. The number of nitrogens with zero attached hydrogens (tertiary/aromatic N) is 1. The summed E-state index contributed by atoms with van der Waals surface area (Å²) in [4.78, 5) is 4.12. The Morgan fingerprint density at radius 2 is 2.47 bits per heavy atom. The van der Waals surface area contributed by atoms with Gasteiger partial charge in [-0.1, -0.05) is 19.1 Å². The Bertz CT molecular complexity index is 269. The summed E-state index contributed by atoms with van der Waals surface area (Å²) in [5.41, 5.74) is 1.29. The van der Waals surface area contributed by atoms with Gasteiger partial charge in [-0.25, -0.2) is 0 Å². The minimum absolute atomic E-state index is 0.492. The highest BCUT2D eigenvalue weighted by Crippen LogP contribution is 2.04. The summed E-state index contributed by atoms with van der Waals surface area (Å²) in [6, 6.07) is 4.60. The van der Waals surface area contributed by atoms with Gasteiger partial charge in [0, 0.05) is 18.4 Å². The van der Waals surface area contributed by atoms with E-state index in [2.05, 4.69) is 29.9 Å². The summed E-state index contributed by atoms with van der Waals surface area (Å²) in [5, 5.41) is 3.52. The number of nitrogens with one attached hydrogen (secondary N) is 1. The standard InChI is InChI=1S/C13H20N2/c1-3-6-13(15-8-4-2)10-12-7-5-9-14-11-12/h3,5,7,9,11,13,15H,1,4,6,8,10H2,2H3. The topological polar surface area (TPSA) is 24.9 Å². The molecular formula is C13H20N2. The van der Waals surface area contributed by atoms with Crippen molar-refractivity contribution < 1.29 is 0 Å². The summed E-state index contributed by atoms with van der Waals surface area (Å²) >= 11 is 0. The number of hydrogen-bond acceptors (Lipinski definition) is 2. The summed E-state index contributed by atoms with van der Waals surface area (Å²) in [7, 11) is 0. The van der Waals surface area contributed by atoms with Crippen molar-refractivity contribution in [2.75, 3.05) is 6.54 Å². The van der Waals surface area contributed by atoms with Gasteiger partial charge in [0.15, 0.2) is 0 Å². The van der Waals surface area contributed by atoms with E-state index in [1.165, 1.54) is 12.0 Å². The molecule has 1 aromatic rings. The summed E-state index contributed by atoms with van der Waals surface area (Å²) < 4.78 is 0. The molecule has 1 unspecified atom stereocenters. The molecule has 0 fully saturated rings. The van der Waals surface area contributed by atoms with Gasteiger partial charge in [-0.05, 0) is 37.4 Å². The Kier molecular flexibility index (Phi) is 5.71. The van der Waals surface area contributed by atoms with Crippen molar-refractivity contribution in [1.82, 2.24) is 10.3 Å². The van der Waals surface area contributed by atoms with Crippen LogP contribution in [0.25, 0.3) is 0 Å². The zero-order valence-corrected chi connectivity index (χ0v) is 9.45. The van der Waals surface area contributed by atoms with Crippen LogP contribution in [0.5, 0.6) is 0 Å². The van der Waals surface area contributed by atoms with Crippen molar-refractivity contribution in [2.45, 2.75) is 32.2 Å². The third-order valence-electron chi connectivity index (χ3n) is 2.34. The van der Waals surface area contributed by atoms with Gasteiger partial charge in [0.1, 0.15) is 0 Å². The van der Waals surface area contributed by atoms with E-state index in [0.717, 1.165) is 19.4 Å². The molecule has 0 aliphatic carbocycles. The Labute approximate surface area is 92.4 Å². The highest BCUT2D eigenvalue weighted by molar-refractivity contribution is 5.10. The minimum Gasteiger partial charge on any atom is -0.313 e. The molecule has 0 aliphatic heterocycles. The molecule has 1 atom stereocenters. The first-order chi connectivity index (χ1) is 7.36. The van der Waals surface area contributed by atoms with Crippen molar-refractivity contribution >= 4 is 0 Å². The van der Waals surface area contributed by atoms with Gasteiger partial charge in [0.25, 0.3) is 0 Å². The first kappa shape index (κ1) is 11.9. The molecule has 1 aromatic heterocycles. The molecule has 1 rings (SSSR count). The molecular weight excluding hydrogens is 184 g/mol. The maximum Gasteiger partial charge on any atom is 0.0300 e. The molecule has 0 radical (unpaired) electrons. The third-order valence-corrected chi connectivity index (χ3v) is 2.34. The normalized spacial score (nSPS) is 12.3. The average Bonchev–Trinajstić information content (AvgIpc) is 2.28. The maximum absolute atomic E-state index is 4.12. The highest BCUT2D eigenvalue weighted by atomic mass is 14.9. The van der Waals surface area contributed by atoms with Gasteiger partial charge in [-0.2, -0.15) is 0 Å². The number of hydrogen-bond donors (Lipinski definition) is 1. The molecule has 0 spiro atoms. The van der Waals surface area contributed by atoms with Crippen molar-refractivity contribution in [1.29, 1.82) is 0 Å². The van der Waals surface area contributed by atoms with Crippen LogP contribution in [0.1, 0.15) is 25.3 Å². The molecule has 0 saturated heterocycles. The zero-order valence-electron chi connectivity index (χ0n) is 9.45. The minimum atomic E-state index is 0.492. The lowest BCUT2D eigenvalue weighted by atomic mass is 10.0. The molecule has 0 saturated carbocycles. The van der Waals surface area contributed by atoms with Gasteiger partial charge >= 0.3 is 0 Å². The van der Waals surface area contributed by atoms with Crippen LogP contribution in [0.4, 0.5) is 0 Å². The monoisotopic (exact) mass is 204 g/mol. The Morgan fingerprint density at radius 1 is 1.60 bits per heavy atom. The predicted octanol–water partition coefficient (Wildman–Crippen LogP) is 2.57. The molecule has 1 heterocycles. The lowest BCUT2D eigenvalue weighted by Gasteiger charge is -2.16. The molecule has 0 bridgehead atoms. The van der Waals surface area contributed by atoms with Crippen LogP contribution in [-0.2, 0) is 6.42 Å². The summed E-state index contributed by atoms with van der Waals surface area (Å²) in [6.07, 6.45) is 8.92. The number of rotatable bonds is 7. The zero-order chi connectivity index (χ0) is 10.9. The fourth-order valence-corrected chi connectivity index (χ4v) is 1.59. The van der Waals surface area contributed by atoms with Crippen LogP contribution in [0.2, 0.25) is 0 Å². The smallest absolute Gasteiger partial charge is 0.0300 e. The van der Waals surface area contributed by atoms with Crippen molar-refractivity contribution in [3.8, 4) is 0 Å². The summed E-state index contributed by atoms with van der Waals surface area (Å²) in [6.45, 7) is 7.05. The Morgan fingerprint density at radius 3 is 3.07 bits per heavy atom. The molecule has 2 heteroatoms. The highest BCUT2D eigenvalue weighted by Gasteiger charge is 2.06. The second-order valence-electron chi connectivity index (χ2n) is 3.74. The van der Waals surface area contributed by atoms with Crippen LogP contribution in [0.3, 0.4) is 0 Å².